The number of aryl methyl sites for hydroxylation is 2. The topological polar surface area (TPSA) is 76.1 Å². The predicted molar refractivity (Wildman–Crippen MR) is 102 cm³/mol. The molecule has 0 bridgehead atoms. The van der Waals surface area contributed by atoms with E-state index < -0.39 is 0 Å². The minimum atomic E-state index is -0.293. The maximum atomic E-state index is 12.5. The highest BCUT2D eigenvalue weighted by Crippen LogP contribution is 2.25. The molecular formula is C20H20N4O2. The quantitative estimate of drug-likeness (QED) is 0.726. The van der Waals surface area contributed by atoms with Gasteiger partial charge in [-0.1, -0.05) is 18.2 Å². The van der Waals surface area contributed by atoms with Crippen LogP contribution in [0.4, 0.5) is 17.3 Å². The van der Waals surface area contributed by atoms with E-state index in [2.05, 4.69) is 20.6 Å². The van der Waals surface area contributed by atoms with Crippen molar-refractivity contribution in [3.05, 3.63) is 71.5 Å². The first-order valence-electron chi connectivity index (χ1n) is 8.18. The number of amides is 1. The van der Waals surface area contributed by atoms with Crippen molar-refractivity contribution >= 4 is 23.2 Å². The number of para-hydroxylation sites is 2. The van der Waals surface area contributed by atoms with Crippen LogP contribution in [0, 0.1) is 13.8 Å². The molecule has 1 heterocycles. The van der Waals surface area contributed by atoms with Gasteiger partial charge in [-0.15, -0.1) is 0 Å². The Morgan fingerprint density at radius 3 is 2.62 bits per heavy atom. The largest absolute Gasteiger partial charge is 0.495 e. The van der Waals surface area contributed by atoms with Gasteiger partial charge in [-0.25, -0.2) is 9.97 Å². The van der Waals surface area contributed by atoms with Gasteiger partial charge in [0.25, 0.3) is 5.91 Å². The molecule has 2 aromatic carbocycles. The fourth-order valence-corrected chi connectivity index (χ4v) is 2.43. The fraction of sp³-hybridized carbons (Fsp3) is 0.150. The monoisotopic (exact) mass is 348 g/mol. The standard InChI is InChI=1S/C20H20N4O2/c1-13-8-9-15(12-14(13)2)22-19(25)17-10-11-21-20(24-17)23-16-6-4-5-7-18(16)26-3/h4-12H,1-3H3,(H,22,25)(H,21,23,24). The molecule has 1 amide bonds. The molecule has 0 aliphatic rings. The van der Waals surface area contributed by atoms with Crippen molar-refractivity contribution in [2.45, 2.75) is 13.8 Å². The molecule has 0 spiro atoms. The van der Waals surface area contributed by atoms with Gasteiger partial charge in [-0.05, 0) is 55.3 Å². The highest BCUT2D eigenvalue weighted by molar-refractivity contribution is 6.03. The number of carbonyl (C=O) groups is 1. The SMILES string of the molecule is COc1ccccc1Nc1nccc(C(=O)Nc2ccc(C)c(C)c2)n1. The Balaban J connectivity index is 1.78. The maximum Gasteiger partial charge on any atom is 0.274 e. The summed E-state index contributed by atoms with van der Waals surface area (Å²) in [4.78, 5) is 20.9. The summed E-state index contributed by atoms with van der Waals surface area (Å²) in [7, 11) is 1.59. The lowest BCUT2D eigenvalue weighted by molar-refractivity contribution is 0.102. The second-order valence-electron chi connectivity index (χ2n) is 5.84. The van der Waals surface area contributed by atoms with Crippen LogP contribution >= 0.6 is 0 Å². The molecule has 6 heteroatoms. The number of benzene rings is 2. The highest BCUT2D eigenvalue weighted by Gasteiger charge is 2.11. The van der Waals surface area contributed by atoms with E-state index in [1.165, 1.54) is 5.56 Å². The second-order valence-corrected chi connectivity index (χ2v) is 5.84. The van der Waals surface area contributed by atoms with Gasteiger partial charge < -0.3 is 15.4 Å². The Bertz CT molecular complexity index is 941. The van der Waals surface area contributed by atoms with Gasteiger partial charge in [-0.2, -0.15) is 0 Å². The Hall–Kier alpha value is -3.41. The molecular weight excluding hydrogens is 328 g/mol. The molecule has 3 rings (SSSR count). The zero-order valence-corrected chi connectivity index (χ0v) is 14.9. The molecule has 0 radical (unpaired) electrons. The van der Waals surface area contributed by atoms with Crippen LogP contribution in [0.15, 0.2) is 54.7 Å². The Morgan fingerprint density at radius 1 is 1.04 bits per heavy atom. The number of nitrogens with zero attached hydrogens (tertiary/aromatic N) is 2. The summed E-state index contributed by atoms with van der Waals surface area (Å²) < 4.78 is 5.30. The molecule has 2 N–H and O–H groups in total. The first-order valence-corrected chi connectivity index (χ1v) is 8.18. The number of anilines is 3. The van der Waals surface area contributed by atoms with Crippen LogP contribution in [0.5, 0.6) is 5.75 Å². The van der Waals surface area contributed by atoms with E-state index in [0.717, 1.165) is 16.9 Å². The van der Waals surface area contributed by atoms with Gasteiger partial charge >= 0.3 is 0 Å². The first-order chi connectivity index (χ1) is 12.6. The molecule has 1 aromatic heterocycles. The van der Waals surface area contributed by atoms with Crippen LogP contribution in [0.2, 0.25) is 0 Å². The lowest BCUT2D eigenvalue weighted by atomic mass is 10.1. The van der Waals surface area contributed by atoms with Gasteiger partial charge in [0, 0.05) is 11.9 Å². The van der Waals surface area contributed by atoms with E-state index in [-0.39, 0.29) is 11.6 Å². The van der Waals surface area contributed by atoms with Crippen LogP contribution < -0.4 is 15.4 Å². The summed E-state index contributed by atoms with van der Waals surface area (Å²) >= 11 is 0. The smallest absolute Gasteiger partial charge is 0.274 e. The number of carbonyl (C=O) groups excluding carboxylic acids is 1. The molecule has 0 saturated carbocycles. The lowest BCUT2D eigenvalue weighted by Crippen LogP contribution is -2.15. The average Bonchev–Trinajstić information content (AvgIpc) is 2.65. The number of hydrogen-bond donors (Lipinski definition) is 2. The van der Waals surface area contributed by atoms with Gasteiger partial charge in [-0.3, -0.25) is 4.79 Å². The van der Waals surface area contributed by atoms with Crippen molar-refractivity contribution in [3.63, 3.8) is 0 Å². The van der Waals surface area contributed by atoms with Crippen LogP contribution in [0.1, 0.15) is 21.6 Å². The minimum Gasteiger partial charge on any atom is -0.495 e. The Kier molecular flexibility index (Phi) is 5.12. The third-order valence-electron chi connectivity index (χ3n) is 4.01. The van der Waals surface area contributed by atoms with Gasteiger partial charge in [0.15, 0.2) is 0 Å². The van der Waals surface area contributed by atoms with Crippen molar-refractivity contribution in [3.8, 4) is 5.75 Å². The summed E-state index contributed by atoms with van der Waals surface area (Å²) in [6.07, 6.45) is 1.54. The number of ether oxygens (including phenoxy) is 1. The number of aromatic nitrogens is 2. The van der Waals surface area contributed by atoms with E-state index in [9.17, 15) is 4.79 Å². The van der Waals surface area contributed by atoms with Crippen LogP contribution in [0.3, 0.4) is 0 Å². The van der Waals surface area contributed by atoms with Crippen molar-refractivity contribution in [2.24, 2.45) is 0 Å². The summed E-state index contributed by atoms with van der Waals surface area (Å²) in [6.45, 7) is 4.03. The van der Waals surface area contributed by atoms with Gasteiger partial charge in [0.2, 0.25) is 5.95 Å². The van der Waals surface area contributed by atoms with E-state index in [1.807, 2.05) is 56.3 Å². The first kappa shape index (κ1) is 17.4. The number of methoxy groups -OCH3 is 1. The van der Waals surface area contributed by atoms with Crippen molar-refractivity contribution in [1.82, 2.24) is 9.97 Å². The Morgan fingerprint density at radius 2 is 1.85 bits per heavy atom. The maximum absolute atomic E-state index is 12.5. The van der Waals surface area contributed by atoms with Crippen molar-refractivity contribution in [2.75, 3.05) is 17.7 Å². The molecule has 0 unspecified atom stereocenters. The molecule has 3 aromatic rings. The molecule has 6 nitrogen and oxygen atoms in total. The van der Waals surface area contributed by atoms with Gasteiger partial charge in [0.05, 0.1) is 12.8 Å². The minimum absolute atomic E-state index is 0.274. The van der Waals surface area contributed by atoms with E-state index in [4.69, 9.17) is 4.74 Å². The normalized spacial score (nSPS) is 10.3. The van der Waals surface area contributed by atoms with E-state index >= 15 is 0 Å². The van der Waals surface area contributed by atoms with Crippen LogP contribution in [-0.2, 0) is 0 Å². The molecule has 132 valence electrons. The summed E-state index contributed by atoms with van der Waals surface area (Å²) in [5, 5.41) is 5.93. The third-order valence-corrected chi connectivity index (χ3v) is 4.01. The molecule has 0 saturated heterocycles. The average molecular weight is 348 g/mol. The van der Waals surface area contributed by atoms with Crippen molar-refractivity contribution < 1.29 is 9.53 Å². The zero-order chi connectivity index (χ0) is 18.5. The molecule has 0 aliphatic carbocycles. The summed E-state index contributed by atoms with van der Waals surface area (Å²) in [5.74, 6) is 0.696. The molecule has 26 heavy (non-hydrogen) atoms. The van der Waals surface area contributed by atoms with Crippen molar-refractivity contribution in [1.29, 1.82) is 0 Å². The van der Waals surface area contributed by atoms with Gasteiger partial charge in [0.1, 0.15) is 11.4 Å². The third kappa shape index (κ3) is 3.97. The summed E-state index contributed by atoms with van der Waals surface area (Å²) in [5.41, 5.74) is 4.02. The lowest BCUT2D eigenvalue weighted by Gasteiger charge is -2.10. The second kappa shape index (κ2) is 7.65. The fourth-order valence-electron chi connectivity index (χ4n) is 2.43. The summed E-state index contributed by atoms with van der Waals surface area (Å²) in [6, 6.07) is 14.8. The Labute approximate surface area is 152 Å². The number of nitrogens with one attached hydrogen (secondary N) is 2. The molecule has 0 fully saturated rings. The van der Waals surface area contributed by atoms with E-state index in [0.29, 0.717) is 11.7 Å². The number of rotatable bonds is 5. The molecule has 0 aliphatic heterocycles. The zero-order valence-electron chi connectivity index (χ0n) is 14.9. The molecule has 0 atom stereocenters. The number of hydrogen-bond acceptors (Lipinski definition) is 5. The van der Waals surface area contributed by atoms with Crippen LogP contribution in [0.25, 0.3) is 0 Å². The highest BCUT2D eigenvalue weighted by atomic mass is 16.5. The van der Waals surface area contributed by atoms with E-state index in [1.54, 1.807) is 19.4 Å². The predicted octanol–water partition coefficient (Wildman–Crippen LogP) is 4.10. The van der Waals surface area contributed by atoms with Crippen LogP contribution in [-0.4, -0.2) is 23.0 Å².